The average Bonchev–Trinajstić information content (AvgIpc) is 2.66. The minimum Gasteiger partial charge on any atom is -0.467 e. The molecule has 2 aromatic rings. The van der Waals surface area contributed by atoms with E-state index in [-0.39, 0.29) is 12.5 Å². The minimum absolute atomic E-state index is 0.227. The van der Waals surface area contributed by atoms with E-state index in [0.717, 1.165) is 11.1 Å². The average molecular weight is 354 g/mol. The molecule has 2 N–H and O–H groups in total. The molecular weight excluding hydrogens is 332 g/mol. The number of esters is 1. The second kappa shape index (κ2) is 9.36. The molecule has 1 atom stereocenters. The standard InChI is InChI=1S/C20H22N2O4/c1-14-8-10-16(11-9-14)19(24)21-13-18(23)22-17(20(25)26-2)12-15-6-4-3-5-7-15/h3-11,17H,12-13H2,1-2H3,(H,21,24)(H,22,23). The normalized spacial score (nSPS) is 11.3. The largest absolute Gasteiger partial charge is 0.467 e. The van der Waals surface area contributed by atoms with Gasteiger partial charge in [0.2, 0.25) is 5.91 Å². The number of ether oxygens (including phenoxy) is 1. The van der Waals surface area contributed by atoms with Crippen LogP contribution in [0.1, 0.15) is 21.5 Å². The highest BCUT2D eigenvalue weighted by Gasteiger charge is 2.22. The summed E-state index contributed by atoms with van der Waals surface area (Å²) in [6.45, 7) is 1.70. The molecule has 26 heavy (non-hydrogen) atoms. The smallest absolute Gasteiger partial charge is 0.328 e. The van der Waals surface area contributed by atoms with Crippen LogP contribution >= 0.6 is 0 Å². The first-order valence-corrected chi connectivity index (χ1v) is 8.25. The van der Waals surface area contributed by atoms with Crippen LogP contribution in [-0.4, -0.2) is 37.5 Å². The lowest BCUT2D eigenvalue weighted by Crippen LogP contribution is -2.47. The third-order valence-corrected chi connectivity index (χ3v) is 3.83. The predicted molar refractivity (Wildman–Crippen MR) is 97.6 cm³/mol. The summed E-state index contributed by atoms with van der Waals surface area (Å²) >= 11 is 0. The van der Waals surface area contributed by atoms with Gasteiger partial charge in [0.15, 0.2) is 0 Å². The highest BCUT2D eigenvalue weighted by Crippen LogP contribution is 2.05. The number of hydrogen-bond donors (Lipinski definition) is 2. The molecule has 2 amide bonds. The van der Waals surface area contributed by atoms with Crippen molar-refractivity contribution in [2.45, 2.75) is 19.4 Å². The Labute approximate surface area is 152 Å². The van der Waals surface area contributed by atoms with Gasteiger partial charge in [0.25, 0.3) is 5.91 Å². The van der Waals surface area contributed by atoms with E-state index in [1.54, 1.807) is 12.1 Å². The van der Waals surface area contributed by atoms with Crippen LogP contribution < -0.4 is 10.6 Å². The third kappa shape index (κ3) is 5.73. The van der Waals surface area contributed by atoms with E-state index in [2.05, 4.69) is 10.6 Å². The van der Waals surface area contributed by atoms with Gasteiger partial charge < -0.3 is 15.4 Å². The summed E-state index contributed by atoms with van der Waals surface area (Å²) < 4.78 is 4.75. The molecule has 0 aliphatic rings. The lowest BCUT2D eigenvalue weighted by atomic mass is 10.1. The van der Waals surface area contributed by atoms with Crippen LogP contribution in [0, 0.1) is 6.92 Å². The number of amides is 2. The maximum atomic E-state index is 12.1. The number of carbonyl (C=O) groups is 3. The van der Waals surface area contributed by atoms with Gasteiger partial charge >= 0.3 is 5.97 Å². The van der Waals surface area contributed by atoms with E-state index in [0.29, 0.717) is 12.0 Å². The van der Waals surface area contributed by atoms with E-state index >= 15 is 0 Å². The zero-order valence-corrected chi connectivity index (χ0v) is 14.8. The van der Waals surface area contributed by atoms with E-state index in [1.807, 2.05) is 49.4 Å². The molecular formula is C20H22N2O4. The fourth-order valence-electron chi connectivity index (χ4n) is 2.40. The second-order valence-electron chi connectivity index (χ2n) is 5.88. The summed E-state index contributed by atoms with van der Waals surface area (Å²) in [7, 11) is 1.27. The topological polar surface area (TPSA) is 84.5 Å². The van der Waals surface area contributed by atoms with Crippen molar-refractivity contribution in [3.63, 3.8) is 0 Å². The maximum absolute atomic E-state index is 12.1. The number of hydrogen-bond acceptors (Lipinski definition) is 4. The molecule has 1 unspecified atom stereocenters. The Bertz CT molecular complexity index is 757. The first-order valence-electron chi connectivity index (χ1n) is 8.25. The van der Waals surface area contributed by atoms with Crippen LogP contribution in [0.3, 0.4) is 0 Å². The van der Waals surface area contributed by atoms with Gasteiger partial charge in [-0.15, -0.1) is 0 Å². The monoisotopic (exact) mass is 354 g/mol. The van der Waals surface area contributed by atoms with Gasteiger partial charge in [-0.1, -0.05) is 48.0 Å². The van der Waals surface area contributed by atoms with Gasteiger partial charge in [-0.3, -0.25) is 9.59 Å². The molecule has 2 aromatic carbocycles. The van der Waals surface area contributed by atoms with Crippen LogP contribution in [0.15, 0.2) is 54.6 Å². The summed E-state index contributed by atoms with van der Waals surface area (Å²) in [4.78, 5) is 36.1. The van der Waals surface area contributed by atoms with E-state index < -0.39 is 17.9 Å². The van der Waals surface area contributed by atoms with Crippen molar-refractivity contribution in [2.24, 2.45) is 0 Å². The first-order chi connectivity index (χ1) is 12.5. The van der Waals surface area contributed by atoms with Crippen LogP contribution in [-0.2, 0) is 20.7 Å². The zero-order chi connectivity index (χ0) is 18.9. The van der Waals surface area contributed by atoms with Crippen LogP contribution in [0.5, 0.6) is 0 Å². The summed E-state index contributed by atoms with van der Waals surface area (Å²) in [5, 5.41) is 5.15. The third-order valence-electron chi connectivity index (χ3n) is 3.83. The molecule has 0 spiro atoms. The summed E-state index contributed by atoms with van der Waals surface area (Å²) in [5.74, 6) is -1.35. The summed E-state index contributed by atoms with van der Waals surface area (Å²) in [5.41, 5.74) is 2.41. The van der Waals surface area contributed by atoms with Crippen LogP contribution in [0.4, 0.5) is 0 Å². The van der Waals surface area contributed by atoms with E-state index in [1.165, 1.54) is 7.11 Å². The van der Waals surface area contributed by atoms with Crippen LogP contribution in [0.2, 0.25) is 0 Å². The van der Waals surface area contributed by atoms with E-state index in [4.69, 9.17) is 4.74 Å². The fraction of sp³-hybridized carbons (Fsp3) is 0.250. The highest BCUT2D eigenvalue weighted by molar-refractivity contribution is 5.96. The summed E-state index contributed by atoms with van der Waals surface area (Å²) in [6, 6.07) is 15.5. The molecule has 0 radical (unpaired) electrons. The number of benzene rings is 2. The van der Waals surface area contributed by atoms with Gasteiger partial charge in [-0.05, 0) is 24.6 Å². The summed E-state index contributed by atoms with van der Waals surface area (Å²) in [6.07, 6.45) is 0.311. The Morgan fingerprint density at radius 2 is 1.65 bits per heavy atom. The maximum Gasteiger partial charge on any atom is 0.328 e. The number of carbonyl (C=O) groups excluding carboxylic acids is 3. The highest BCUT2D eigenvalue weighted by atomic mass is 16.5. The molecule has 0 aromatic heterocycles. The molecule has 0 saturated carbocycles. The molecule has 136 valence electrons. The lowest BCUT2D eigenvalue weighted by molar-refractivity contribution is -0.144. The Morgan fingerprint density at radius 1 is 1.00 bits per heavy atom. The molecule has 0 aliphatic carbocycles. The van der Waals surface area contributed by atoms with Crippen molar-refractivity contribution in [1.29, 1.82) is 0 Å². The zero-order valence-electron chi connectivity index (χ0n) is 14.8. The number of aryl methyl sites for hydroxylation is 1. The van der Waals surface area contributed by atoms with Gasteiger partial charge in [0, 0.05) is 12.0 Å². The fourth-order valence-corrected chi connectivity index (χ4v) is 2.40. The molecule has 6 nitrogen and oxygen atoms in total. The molecule has 0 heterocycles. The number of nitrogens with one attached hydrogen (secondary N) is 2. The van der Waals surface area contributed by atoms with Crippen molar-refractivity contribution in [3.05, 3.63) is 71.3 Å². The van der Waals surface area contributed by atoms with Crippen molar-refractivity contribution in [1.82, 2.24) is 10.6 Å². The Morgan fingerprint density at radius 3 is 2.27 bits per heavy atom. The molecule has 2 rings (SSSR count). The number of methoxy groups -OCH3 is 1. The van der Waals surface area contributed by atoms with Gasteiger partial charge in [0.1, 0.15) is 6.04 Å². The lowest BCUT2D eigenvalue weighted by Gasteiger charge is -2.17. The molecule has 6 heteroatoms. The predicted octanol–water partition coefficient (Wildman–Crippen LogP) is 1.63. The van der Waals surface area contributed by atoms with Crippen molar-refractivity contribution < 1.29 is 19.1 Å². The Kier molecular flexibility index (Phi) is 6.91. The van der Waals surface area contributed by atoms with E-state index in [9.17, 15) is 14.4 Å². The Balaban J connectivity index is 1.91. The van der Waals surface area contributed by atoms with Crippen LogP contribution in [0.25, 0.3) is 0 Å². The van der Waals surface area contributed by atoms with Crippen molar-refractivity contribution in [2.75, 3.05) is 13.7 Å². The van der Waals surface area contributed by atoms with Gasteiger partial charge in [-0.2, -0.15) is 0 Å². The quantitative estimate of drug-likeness (QED) is 0.740. The molecule has 0 bridgehead atoms. The molecule has 0 fully saturated rings. The Hall–Kier alpha value is -3.15. The van der Waals surface area contributed by atoms with Gasteiger partial charge in [0.05, 0.1) is 13.7 Å². The minimum atomic E-state index is -0.814. The van der Waals surface area contributed by atoms with Crippen molar-refractivity contribution in [3.8, 4) is 0 Å². The molecule has 0 aliphatic heterocycles. The first kappa shape index (κ1) is 19.2. The van der Waals surface area contributed by atoms with Gasteiger partial charge in [-0.25, -0.2) is 4.79 Å². The number of rotatable bonds is 7. The van der Waals surface area contributed by atoms with Crippen molar-refractivity contribution >= 4 is 17.8 Å². The molecule has 0 saturated heterocycles. The second-order valence-corrected chi connectivity index (χ2v) is 5.88. The SMILES string of the molecule is COC(=O)C(Cc1ccccc1)NC(=O)CNC(=O)c1ccc(C)cc1.